The number of aryl methyl sites for hydroxylation is 1. The lowest BCUT2D eigenvalue weighted by atomic mass is 9.78. The van der Waals surface area contributed by atoms with E-state index in [1.165, 1.54) is 32.9 Å². The highest BCUT2D eigenvalue weighted by atomic mass is 32.2. The zero-order chi connectivity index (χ0) is 38.0. The van der Waals surface area contributed by atoms with Gasteiger partial charge in [0.2, 0.25) is 6.79 Å². The third-order valence-electron chi connectivity index (χ3n) is 12.1. The standard InChI is InChI=1S/C39H43N3O11S/c1-17-9-21-12-38(47)14-41(4)29(26(21)31(45)32(17)49-6)30-36-28-27(35-34(51-16-52-35)18(2)33(28)53-19(3)43)23(42(30)38)13-50-37(46)39(15-54-36)22-11-25(48-5)24(44)10-20(22)7-8-40-39/h9-11,23,29-30,36,40,44-45,47H,7-8,12-16H2,1-6H3/t23-,29?,30?,36+,38?,39+/m0/s1. The smallest absolute Gasteiger partial charge is 0.331 e. The number of carbonyl (C=O) groups excluding carboxylic acids is 2. The van der Waals surface area contributed by atoms with E-state index in [9.17, 15) is 24.9 Å². The zero-order valence-electron chi connectivity index (χ0n) is 30.9. The molecule has 7 atom stereocenters. The van der Waals surface area contributed by atoms with Crippen molar-refractivity contribution >= 4 is 23.7 Å². The molecule has 286 valence electrons. The number of hydrogen-bond donors (Lipinski definition) is 4. The molecule has 4 unspecified atom stereocenters. The van der Waals surface area contributed by atoms with E-state index in [2.05, 4.69) is 10.2 Å². The molecule has 14 nitrogen and oxygen atoms in total. The number of carbonyl (C=O) groups is 2. The second-order valence-electron chi connectivity index (χ2n) is 15.1. The Morgan fingerprint density at radius 1 is 1.02 bits per heavy atom. The van der Waals surface area contributed by atoms with Crippen LogP contribution >= 0.6 is 11.8 Å². The highest BCUT2D eigenvalue weighted by Gasteiger charge is 2.63. The lowest BCUT2D eigenvalue weighted by Gasteiger charge is -2.60. The molecule has 8 aliphatic rings. The van der Waals surface area contributed by atoms with E-state index >= 15 is 0 Å². The van der Waals surface area contributed by atoms with Crippen LogP contribution in [0.3, 0.4) is 0 Å². The monoisotopic (exact) mass is 761 g/mol. The van der Waals surface area contributed by atoms with E-state index in [1.807, 2.05) is 31.9 Å². The van der Waals surface area contributed by atoms with Crippen LogP contribution in [0.4, 0.5) is 0 Å². The molecule has 3 aromatic rings. The molecule has 15 heteroatoms. The van der Waals surface area contributed by atoms with Gasteiger partial charge < -0.3 is 43.7 Å². The predicted molar refractivity (Wildman–Crippen MR) is 195 cm³/mol. The van der Waals surface area contributed by atoms with Crippen LogP contribution in [-0.4, -0.2) is 102 Å². The van der Waals surface area contributed by atoms with E-state index in [0.29, 0.717) is 63.8 Å². The molecule has 3 aromatic carbocycles. The Kier molecular flexibility index (Phi) is 8.04. The van der Waals surface area contributed by atoms with Gasteiger partial charge in [0.1, 0.15) is 18.1 Å². The van der Waals surface area contributed by atoms with Crippen molar-refractivity contribution in [3.8, 4) is 40.2 Å². The summed E-state index contributed by atoms with van der Waals surface area (Å²) in [4.78, 5) is 31.7. The van der Waals surface area contributed by atoms with Crippen LogP contribution in [0.5, 0.6) is 40.2 Å². The number of piperazine rings is 1. The van der Waals surface area contributed by atoms with Gasteiger partial charge in [0, 0.05) is 60.5 Å². The molecule has 0 aliphatic carbocycles. The molecule has 8 aliphatic heterocycles. The van der Waals surface area contributed by atoms with Gasteiger partial charge in [-0.3, -0.25) is 19.9 Å². The molecule has 8 heterocycles. The molecule has 4 N–H and O–H groups in total. The van der Waals surface area contributed by atoms with Gasteiger partial charge >= 0.3 is 11.9 Å². The number of hydrogen-bond acceptors (Lipinski definition) is 15. The first-order valence-electron chi connectivity index (χ1n) is 18.0. The summed E-state index contributed by atoms with van der Waals surface area (Å²) in [7, 11) is 4.92. The Morgan fingerprint density at radius 3 is 2.54 bits per heavy atom. The first kappa shape index (κ1) is 35.3. The van der Waals surface area contributed by atoms with Crippen LogP contribution in [0.15, 0.2) is 18.2 Å². The van der Waals surface area contributed by atoms with E-state index < -0.39 is 46.6 Å². The number of rotatable bonds is 3. The van der Waals surface area contributed by atoms with Gasteiger partial charge in [0.15, 0.2) is 40.0 Å². The third-order valence-corrected chi connectivity index (χ3v) is 13.6. The van der Waals surface area contributed by atoms with Crippen LogP contribution in [0.25, 0.3) is 0 Å². The number of likely N-dealkylation sites (N-methyl/N-ethyl adjacent to an activating group) is 1. The maximum absolute atomic E-state index is 14.7. The number of nitrogens with one attached hydrogen (secondary N) is 1. The number of methoxy groups -OCH3 is 2. The van der Waals surface area contributed by atoms with E-state index in [-0.39, 0.29) is 49.4 Å². The maximum atomic E-state index is 14.7. The van der Waals surface area contributed by atoms with Crippen molar-refractivity contribution in [1.29, 1.82) is 0 Å². The Bertz CT molecular complexity index is 2150. The second-order valence-corrected chi connectivity index (χ2v) is 16.2. The number of phenols is 2. The van der Waals surface area contributed by atoms with Crippen molar-refractivity contribution in [3.63, 3.8) is 0 Å². The Morgan fingerprint density at radius 2 is 1.80 bits per heavy atom. The van der Waals surface area contributed by atoms with Crippen LogP contribution < -0.4 is 29.0 Å². The quantitative estimate of drug-likeness (QED) is 0.226. The molecule has 2 fully saturated rings. The highest BCUT2D eigenvalue weighted by Crippen LogP contribution is 2.65. The lowest BCUT2D eigenvalue weighted by Crippen LogP contribution is -2.70. The highest BCUT2D eigenvalue weighted by molar-refractivity contribution is 7.99. The minimum atomic E-state index is -1.52. The predicted octanol–water partition coefficient (Wildman–Crippen LogP) is 3.41. The number of nitrogens with zero attached hydrogens (tertiary/aromatic N) is 2. The lowest BCUT2D eigenvalue weighted by molar-refractivity contribution is -0.215. The first-order valence-corrected chi connectivity index (χ1v) is 19.1. The first-order chi connectivity index (χ1) is 25.8. The van der Waals surface area contributed by atoms with Gasteiger partial charge in [-0.15, -0.1) is 11.8 Å². The molecular weight excluding hydrogens is 719 g/mol. The summed E-state index contributed by atoms with van der Waals surface area (Å²) in [5, 5.41) is 38.8. The molecule has 0 radical (unpaired) electrons. The van der Waals surface area contributed by atoms with Crippen molar-refractivity contribution in [1.82, 2.24) is 15.1 Å². The molecule has 0 amide bonds. The SMILES string of the molecule is COc1cc2c(cc1O)CCN[C@]21CS[C@@H]2c3c(OC(C)=O)c(C)c4c(c3[C@H](COC1=O)N1C2C2c3c(cc(C)c(OC)c3O)CC1(O)CN2C)OCO4. The molecule has 11 rings (SSSR count). The normalized spacial score (nSPS) is 30.4. The average Bonchev–Trinajstić information content (AvgIpc) is 3.54. The maximum Gasteiger partial charge on any atom is 0.331 e. The molecule has 54 heavy (non-hydrogen) atoms. The fourth-order valence-electron chi connectivity index (χ4n) is 10.1. The minimum Gasteiger partial charge on any atom is -0.504 e. The number of thioether (sulfide) groups is 1. The van der Waals surface area contributed by atoms with Gasteiger partial charge in [-0.25, -0.2) is 4.79 Å². The zero-order valence-corrected chi connectivity index (χ0v) is 31.7. The van der Waals surface area contributed by atoms with Crippen molar-refractivity contribution < 1.29 is 53.3 Å². The molecule has 1 spiro atoms. The molecule has 0 aromatic heterocycles. The third kappa shape index (κ3) is 4.74. The van der Waals surface area contributed by atoms with Gasteiger partial charge in [-0.1, -0.05) is 6.07 Å². The topological polar surface area (TPSA) is 169 Å². The van der Waals surface area contributed by atoms with Crippen molar-refractivity contribution in [2.45, 2.75) is 68.3 Å². The van der Waals surface area contributed by atoms with E-state index in [4.69, 9.17) is 28.4 Å². The number of aliphatic hydroxyl groups is 1. The van der Waals surface area contributed by atoms with Gasteiger partial charge in [0.05, 0.1) is 31.6 Å². The summed E-state index contributed by atoms with van der Waals surface area (Å²) >= 11 is 1.47. The van der Waals surface area contributed by atoms with Crippen molar-refractivity contribution in [2.24, 2.45) is 0 Å². The van der Waals surface area contributed by atoms with Crippen LogP contribution in [0, 0.1) is 13.8 Å². The van der Waals surface area contributed by atoms with E-state index in [1.54, 1.807) is 12.1 Å². The van der Waals surface area contributed by atoms with Crippen LogP contribution in [-0.2, 0) is 32.7 Å². The number of benzene rings is 3. The summed E-state index contributed by atoms with van der Waals surface area (Å²) in [6, 6.07) is 3.43. The summed E-state index contributed by atoms with van der Waals surface area (Å²) in [5.74, 6) is 0.890. The Balaban J connectivity index is 1.33. The largest absolute Gasteiger partial charge is 0.504 e. The van der Waals surface area contributed by atoms with Crippen LogP contribution in [0.2, 0.25) is 0 Å². The number of ether oxygens (including phenoxy) is 6. The number of aromatic hydroxyl groups is 2. The Labute approximate surface area is 316 Å². The summed E-state index contributed by atoms with van der Waals surface area (Å²) in [6.07, 6.45) is 0.730. The average molecular weight is 762 g/mol. The van der Waals surface area contributed by atoms with Gasteiger partial charge in [-0.2, -0.15) is 0 Å². The minimum absolute atomic E-state index is 0.00777. The second kappa shape index (κ2) is 12.3. The number of fused-ring (bicyclic) bond motifs is 6. The van der Waals surface area contributed by atoms with Crippen LogP contribution in [0.1, 0.15) is 68.8 Å². The summed E-state index contributed by atoms with van der Waals surface area (Å²) in [5.41, 5.74) is 2.60. The Hall–Kier alpha value is -4.41. The van der Waals surface area contributed by atoms with Crippen molar-refractivity contribution in [2.75, 3.05) is 53.5 Å². The molecule has 2 saturated heterocycles. The number of esters is 2. The van der Waals surface area contributed by atoms with E-state index in [0.717, 1.165) is 16.7 Å². The summed E-state index contributed by atoms with van der Waals surface area (Å²) in [6.45, 7) is 5.44. The fourth-order valence-corrected chi connectivity index (χ4v) is 11.8. The number of phenolic OH excluding ortho intramolecular Hbond substituents is 2. The van der Waals surface area contributed by atoms with Crippen molar-refractivity contribution in [3.05, 3.63) is 62.7 Å². The molecule has 4 bridgehead atoms. The van der Waals surface area contributed by atoms with Gasteiger partial charge in [0.25, 0.3) is 0 Å². The van der Waals surface area contributed by atoms with Gasteiger partial charge in [-0.05, 0) is 61.7 Å². The fraction of sp³-hybridized carbons (Fsp3) is 0.487. The molecule has 0 saturated carbocycles. The summed E-state index contributed by atoms with van der Waals surface area (Å²) < 4.78 is 36.0. The molecular formula is C39H43N3O11S.